The highest BCUT2D eigenvalue weighted by atomic mass is 19.1. The van der Waals surface area contributed by atoms with Gasteiger partial charge >= 0.3 is 0 Å². The molecular weight excluding hydrogens is 229 g/mol. The van der Waals surface area contributed by atoms with Crippen LogP contribution in [0, 0.1) is 5.82 Å². The highest BCUT2D eigenvalue weighted by Crippen LogP contribution is 2.20. The molecule has 0 aliphatic heterocycles. The van der Waals surface area contributed by atoms with Crippen molar-refractivity contribution in [3.63, 3.8) is 0 Å². The van der Waals surface area contributed by atoms with Gasteiger partial charge in [-0.3, -0.25) is 0 Å². The zero-order valence-corrected chi connectivity index (χ0v) is 10.3. The molecule has 0 bridgehead atoms. The van der Waals surface area contributed by atoms with E-state index in [2.05, 4.69) is 22.2 Å². The number of benzene rings is 1. The fourth-order valence-corrected chi connectivity index (χ4v) is 1.83. The number of rotatable bonds is 5. The average Bonchev–Trinajstić information content (AvgIpc) is 2.42. The minimum atomic E-state index is -0.225. The number of nitrogens with one attached hydrogen (secondary N) is 1. The first-order valence-corrected chi connectivity index (χ1v) is 6.05. The lowest BCUT2D eigenvalue weighted by molar-refractivity contribution is 0.590. The maximum absolute atomic E-state index is 13.0. The predicted molar refractivity (Wildman–Crippen MR) is 68.6 cm³/mol. The summed E-state index contributed by atoms with van der Waals surface area (Å²) in [6.07, 6.45) is 6.10. The van der Waals surface area contributed by atoms with E-state index in [-0.39, 0.29) is 11.9 Å². The number of hydrogen-bond acceptors (Lipinski definition) is 3. The fourth-order valence-electron chi connectivity index (χ4n) is 1.83. The summed E-state index contributed by atoms with van der Waals surface area (Å²) in [5, 5.41) is 3.42. The van der Waals surface area contributed by atoms with Crippen LogP contribution in [-0.2, 0) is 0 Å². The molecule has 2 rings (SSSR count). The first kappa shape index (κ1) is 12.6. The molecule has 94 valence electrons. The number of halogens is 1. The van der Waals surface area contributed by atoms with Crippen molar-refractivity contribution in [1.82, 2.24) is 15.3 Å². The molecule has 0 spiro atoms. The van der Waals surface area contributed by atoms with Crippen LogP contribution >= 0.6 is 0 Å². The Labute approximate surface area is 106 Å². The predicted octanol–water partition coefficient (Wildman–Crippen LogP) is 2.70. The maximum atomic E-state index is 13.0. The Bertz CT molecular complexity index is 470. The van der Waals surface area contributed by atoms with E-state index in [1.807, 2.05) is 0 Å². The largest absolute Gasteiger partial charge is 0.306 e. The molecule has 0 amide bonds. The molecule has 0 saturated carbocycles. The van der Waals surface area contributed by atoms with Crippen molar-refractivity contribution in [3.05, 3.63) is 59.9 Å². The Morgan fingerprint density at radius 2 is 1.78 bits per heavy atom. The van der Waals surface area contributed by atoms with E-state index in [1.54, 1.807) is 24.5 Å². The minimum absolute atomic E-state index is 0.00625. The Morgan fingerprint density at radius 3 is 2.39 bits per heavy atom. The van der Waals surface area contributed by atoms with Gasteiger partial charge in [-0.2, -0.15) is 0 Å². The van der Waals surface area contributed by atoms with Crippen LogP contribution in [0.15, 0.2) is 43.0 Å². The van der Waals surface area contributed by atoms with Crippen molar-refractivity contribution in [2.75, 3.05) is 6.54 Å². The van der Waals surface area contributed by atoms with Crippen LogP contribution in [0.3, 0.4) is 0 Å². The molecule has 0 aliphatic rings. The van der Waals surface area contributed by atoms with Gasteiger partial charge in [-0.15, -0.1) is 0 Å². The molecule has 1 aromatic carbocycles. The lowest BCUT2D eigenvalue weighted by Crippen LogP contribution is -2.23. The van der Waals surface area contributed by atoms with Crippen LogP contribution in [0.25, 0.3) is 0 Å². The van der Waals surface area contributed by atoms with Crippen molar-refractivity contribution in [2.24, 2.45) is 0 Å². The van der Waals surface area contributed by atoms with Crippen molar-refractivity contribution in [3.8, 4) is 0 Å². The van der Waals surface area contributed by atoms with Gasteiger partial charge in [-0.25, -0.2) is 14.4 Å². The molecule has 1 atom stereocenters. The van der Waals surface area contributed by atoms with E-state index in [1.165, 1.54) is 18.5 Å². The second-order valence-electron chi connectivity index (χ2n) is 4.11. The molecule has 1 aromatic heterocycles. The molecule has 0 fully saturated rings. The molecule has 0 radical (unpaired) electrons. The van der Waals surface area contributed by atoms with Crippen LogP contribution in [-0.4, -0.2) is 16.5 Å². The maximum Gasteiger partial charge on any atom is 0.123 e. The van der Waals surface area contributed by atoms with E-state index in [4.69, 9.17) is 0 Å². The summed E-state index contributed by atoms with van der Waals surface area (Å²) < 4.78 is 13.0. The average molecular weight is 245 g/mol. The van der Waals surface area contributed by atoms with Crippen LogP contribution < -0.4 is 5.32 Å². The van der Waals surface area contributed by atoms with Crippen molar-refractivity contribution >= 4 is 0 Å². The quantitative estimate of drug-likeness (QED) is 0.880. The zero-order chi connectivity index (χ0) is 12.8. The highest BCUT2D eigenvalue weighted by Gasteiger charge is 2.13. The summed E-state index contributed by atoms with van der Waals surface area (Å²) in [5.41, 5.74) is 2.00. The monoisotopic (exact) mass is 245 g/mol. The van der Waals surface area contributed by atoms with Gasteiger partial charge < -0.3 is 5.32 Å². The summed E-state index contributed by atoms with van der Waals surface area (Å²) in [6, 6.07) is 6.52. The van der Waals surface area contributed by atoms with Crippen molar-refractivity contribution in [1.29, 1.82) is 0 Å². The first-order valence-electron chi connectivity index (χ1n) is 6.05. The lowest BCUT2D eigenvalue weighted by atomic mass is 10.0. The molecule has 18 heavy (non-hydrogen) atoms. The molecule has 4 heteroatoms. The van der Waals surface area contributed by atoms with Crippen LogP contribution in [0.2, 0.25) is 0 Å². The standard InChI is InChI=1S/C14H16FN3/c1-2-7-18-14(12-8-16-10-17-9-12)11-3-5-13(15)6-4-11/h3-6,8-10,14,18H,2,7H2,1H3. The van der Waals surface area contributed by atoms with Gasteiger partial charge in [-0.05, 0) is 30.7 Å². The van der Waals surface area contributed by atoms with Gasteiger partial charge in [0, 0.05) is 18.0 Å². The molecule has 0 saturated heterocycles. The van der Waals surface area contributed by atoms with Crippen molar-refractivity contribution < 1.29 is 4.39 Å². The normalized spacial score (nSPS) is 12.3. The smallest absolute Gasteiger partial charge is 0.123 e. The van der Waals surface area contributed by atoms with Crippen molar-refractivity contribution in [2.45, 2.75) is 19.4 Å². The Balaban J connectivity index is 2.27. The molecule has 1 heterocycles. The summed E-state index contributed by atoms with van der Waals surface area (Å²) >= 11 is 0. The second-order valence-corrected chi connectivity index (χ2v) is 4.11. The highest BCUT2D eigenvalue weighted by molar-refractivity contribution is 5.28. The third-order valence-electron chi connectivity index (χ3n) is 2.72. The van der Waals surface area contributed by atoms with E-state index in [9.17, 15) is 4.39 Å². The van der Waals surface area contributed by atoms with Gasteiger partial charge in [0.1, 0.15) is 12.1 Å². The Kier molecular flexibility index (Phi) is 4.36. The van der Waals surface area contributed by atoms with Gasteiger partial charge in [0.05, 0.1) is 6.04 Å². The molecule has 1 unspecified atom stereocenters. The van der Waals surface area contributed by atoms with E-state index < -0.39 is 0 Å². The molecule has 3 nitrogen and oxygen atoms in total. The number of nitrogens with zero attached hydrogens (tertiary/aromatic N) is 2. The van der Waals surface area contributed by atoms with Crippen LogP contribution in [0.5, 0.6) is 0 Å². The summed E-state index contributed by atoms with van der Waals surface area (Å²) in [4.78, 5) is 8.06. The first-order chi connectivity index (χ1) is 8.81. The lowest BCUT2D eigenvalue weighted by Gasteiger charge is -2.18. The summed E-state index contributed by atoms with van der Waals surface area (Å²) in [7, 11) is 0. The van der Waals surface area contributed by atoms with E-state index in [0.717, 1.165) is 24.1 Å². The SMILES string of the molecule is CCCNC(c1ccc(F)cc1)c1cncnc1. The van der Waals surface area contributed by atoms with E-state index >= 15 is 0 Å². The molecule has 0 aliphatic carbocycles. The summed E-state index contributed by atoms with van der Waals surface area (Å²) in [6.45, 7) is 2.99. The molecule has 1 N–H and O–H groups in total. The summed E-state index contributed by atoms with van der Waals surface area (Å²) in [5.74, 6) is -0.225. The minimum Gasteiger partial charge on any atom is -0.306 e. The van der Waals surface area contributed by atoms with Crippen LogP contribution in [0.1, 0.15) is 30.5 Å². The molecular formula is C14H16FN3. The second kappa shape index (κ2) is 6.21. The fraction of sp³-hybridized carbons (Fsp3) is 0.286. The molecule has 2 aromatic rings. The third-order valence-corrected chi connectivity index (χ3v) is 2.72. The topological polar surface area (TPSA) is 37.8 Å². The van der Waals surface area contributed by atoms with Gasteiger partial charge in [0.15, 0.2) is 0 Å². The third kappa shape index (κ3) is 3.11. The van der Waals surface area contributed by atoms with Crippen LogP contribution in [0.4, 0.5) is 4.39 Å². The van der Waals surface area contributed by atoms with Gasteiger partial charge in [-0.1, -0.05) is 19.1 Å². The van der Waals surface area contributed by atoms with Gasteiger partial charge in [0.2, 0.25) is 0 Å². The number of hydrogen-bond donors (Lipinski definition) is 1. The van der Waals surface area contributed by atoms with E-state index in [0.29, 0.717) is 0 Å². The Morgan fingerprint density at radius 1 is 1.11 bits per heavy atom. The zero-order valence-electron chi connectivity index (χ0n) is 10.3. The Hall–Kier alpha value is -1.81. The number of aromatic nitrogens is 2. The van der Waals surface area contributed by atoms with Gasteiger partial charge in [0.25, 0.3) is 0 Å².